The highest BCUT2D eigenvalue weighted by Crippen LogP contribution is 2.63. The zero-order valence-electron chi connectivity index (χ0n) is 29.8. The smallest absolute Gasteiger partial charge is 0.449 e. The maximum absolute atomic E-state index is 14.7. The molecule has 9 heterocycles. The summed E-state index contributed by atoms with van der Waals surface area (Å²) in [6.07, 6.45) is -6.72. The molecule has 2 saturated carbocycles. The molecule has 0 radical (unpaired) electrons. The first-order valence-electron chi connectivity index (χ1n) is 18.5. The van der Waals surface area contributed by atoms with E-state index in [1.807, 2.05) is 6.92 Å². The maximum Gasteiger partial charge on any atom is 0.449 e. The molecule has 294 valence electrons. The molecule has 0 amide bonds. The third kappa shape index (κ3) is 5.51. The average Bonchev–Trinajstić information content (AvgIpc) is 3.22. The van der Waals surface area contributed by atoms with Crippen molar-refractivity contribution in [2.45, 2.75) is 140 Å². The largest absolute Gasteiger partial charge is 0.456 e. The first kappa shape index (κ1) is 36.2. The minimum absolute atomic E-state index is 0.0636. The van der Waals surface area contributed by atoms with Gasteiger partial charge in [0.2, 0.25) is 35.7 Å². The van der Waals surface area contributed by atoms with E-state index >= 15 is 0 Å². The molecular formula is C35H43F6N3O9. The van der Waals surface area contributed by atoms with Gasteiger partial charge in [0.15, 0.2) is 11.2 Å². The van der Waals surface area contributed by atoms with E-state index in [9.17, 15) is 26.3 Å². The second-order valence-electron chi connectivity index (χ2n) is 16.6. The summed E-state index contributed by atoms with van der Waals surface area (Å²) < 4.78 is 118. The zero-order valence-corrected chi connectivity index (χ0v) is 29.8. The van der Waals surface area contributed by atoms with Crippen LogP contribution in [0.2, 0.25) is 0 Å². The standard InChI is InChI=1S/C35H43F6N3O9/c1-17-5-7-24-20(26(34(36,37)38)46-28-32(24)22(17)9-11-30(3,48-28)50-52-32)14-44-13-19(42-43-44)15-45-16-21-25-8-6-18(2)23-10-12-31(4)49-29(33(23,25)53-51-31)47-27(21)35(39,40)41/h13,17-18,22-25,28-29H,5-12,14-16H2,1-4H3/t17-,18-,22+,23+,24+,25+,28-,29-,30?,31?,32-,33-/m1/s1. The van der Waals surface area contributed by atoms with Gasteiger partial charge in [0.1, 0.15) is 5.69 Å². The predicted octanol–water partition coefficient (Wildman–Crippen LogP) is 6.92. The van der Waals surface area contributed by atoms with E-state index in [1.165, 1.54) is 10.9 Å². The Kier molecular flexibility index (Phi) is 8.20. The van der Waals surface area contributed by atoms with E-state index < -0.39 is 77.7 Å². The Bertz CT molecular complexity index is 1700. The Balaban J connectivity index is 0.968. The lowest BCUT2D eigenvalue weighted by Gasteiger charge is -2.57. The van der Waals surface area contributed by atoms with E-state index in [0.29, 0.717) is 51.4 Å². The average molecular weight is 764 g/mol. The summed E-state index contributed by atoms with van der Waals surface area (Å²) in [6.45, 7) is 6.29. The van der Waals surface area contributed by atoms with Crippen LogP contribution in [0.3, 0.4) is 0 Å². The van der Waals surface area contributed by atoms with Crippen molar-refractivity contribution in [3.63, 3.8) is 0 Å². The quantitative estimate of drug-likeness (QED) is 0.222. The van der Waals surface area contributed by atoms with E-state index in [2.05, 4.69) is 17.2 Å². The van der Waals surface area contributed by atoms with Crippen LogP contribution >= 0.6 is 0 Å². The van der Waals surface area contributed by atoms with Crippen LogP contribution < -0.4 is 0 Å². The maximum atomic E-state index is 14.7. The number of rotatable bonds is 6. The molecular weight excluding hydrogens is 720 g/mol. The second kappa shape index (κ2) is 12.0. The van der Waals surface area contributed by atoms with E-state index in [1.54, 1.807) is 13.8 Å². The van der Waals surface area contributed by atoms with Crippen LogP contribution in [0.15, 0.2) is 28.9 Å². The van der Waals surface area contributed by atoms with Crippen molar-refractivity contribution in [2.24, 2.45) is 35.5 Å². The molecule has 2 unspecified atom stereocenters. The highest BCUT2D eigenvalue weighted by Gasteiger charge is 2.72. The molecule has 8 aliphatic heterocycles. The molecule has 18 heteroatoms. The summed E-state index contributed by atoms with van der Waals surface area (Å²) in [5.74, 6) is -6.45. The van der Waals surface area contributed by atoms with Crippen molar-refractivity contribution in [3.05, 3.63) is 34.6 Å². The van der Waals surface area contributed by atoms with Crippen molar-refractivity contribution in [1.29, 1.82) is 0 Å². The second-order valence-corrected chi connectivity index (χ2v) is 16.6. The van der Waals surface area contributed by atoms with Gasteiger partial charge >= 0.3 is 12.4 Å². The fourth-order valence-electron chi connectivity index (χ4n) is 10.7. The lowest BCUT2D eigenvalue weighted by molar-refractivity contribution is -0.558. The molecule has 0 aromatic carbocycles. The van der Waals surface area contributed by atoms with E-state index in [0.717, 1.165) is 0 Å². The predicted molar refractivity (Wildman–Crippen MR) is 164 cm³/mol. The zero-order chi connectivity index (χ0) is 37.3. The first-order chi connectivity index (χ1) is 25.0. The lowest BCUT2D eigenvalue weighted by Crippen LogP contribution is -2.67. The number of ether oxygens (including phenoxy) is 5. The summed E-state index contributed by atoms with van der Waals surface area (Å²) in [4.78, 5) is 23.5. The molecule has 0 N–H and O–H groups in total. The number of fused-ring (bicyclic) bond motifs is 4. The van der Waals surface area contributed by atoms with Crippen LogP contribution in [-0.4, -0.2) is 69.3 Å². The van der Waals surface area contributed by atoms with Crippen molar-refractivity contribution in [2.75, 3.05) is 6.61 Å². The topological polar surface area (TPSA) is 114 Å². The van der Waals surface area contributed by atoms with Gasteiger partial charge in [-0.15, -0.1) is 5.10 Å². The highest BCUT2D eigenvalue weighted by atomic mass is 19.4. The number of halogens is 6. The minimum Gasteiger partial charge on any atom is -0.456 e. The Morgan fingerprint density at radius 2 is 1.23 bits per heavy atom. The van der Waals surface area contributed by atoms with Crippen LogP contribution in [-0.2, 0) is 56.4 Å². The Morgan fingerprint density at radius 1 is 0.717 bits per heavy atom. The lowest BCUT2D eigenvalue weighted by atomic mass is 9.59. The Hall–Kier alpha value is -2.48. The van der Waals surface area contributed by atoms with Gasteiger partial charge in [-0.2, -0.15) is 26.3 Å². The SMILES string of the molecule is C[C@@H]1CC[C@H]2C(COCc3cn(CC4=C(C(F)(F)F)O[C@@H]5OC6(C)CC[C@H]7[C@H](C)CC[C@@H]4[C@@]57OO6)nn3)=C(C(F)(F)F)O[C@@H]3OC4(C)CC[C@@H]1[C@]32OO4. The van der Waals surface area contributed by atoms with Crippen LogP contribution in [0.4, 0.5) is 26.3 Å². The number of allylic oxidation sites excluding steroid dienone is 2. The van der Waals surface area contributed by atoms with Crippen molar-refractivity contribution in [1.82, 2.24) is 15.0 Å². The van der Waals surface area contributed by atoms with Crippen molar-refractivity contribution in [3.8, 4) is 0 Å². The minimum atomic E-state index is -4.84. The normalized spacial score (nSPS) is 44.9. The summed E-state index contributed by atoms with van der Waals surface area (Å²) in [7, 11) is 0. The van der Waals surface area contributed by atoms with Gasteiger partial charge in [-0.05, 0) is 64.2 Å². The van der Waals surface area contributed by atoms with Gasteiger partial charge in [-0.25, -0.2) is 24.2 Å². The van der Waals surface area contributed by atoms with Crippen LogP contribution in [0.1, 0.15) is 84.8 Å². The summed E-state index contributed by atoms with van der Waals surface area (Å²) in [5, 5.41) is 8.16. The number of aromatic nitrogens is 3. The third-order valence-corrected chi connectivity index (χ3v) is 13.3. The van der Waals surface area contributed by atoms with Gasteiger partial charge in [-0.1, -0.05) is 19.1 Å². The van der Waals surface area contributed by atoms with E-state index in [4.69, 9.17) is 43.2 Å². The Morgan fingerprint density at radius 3 is 1.75 bits per heavy atom. The number of alkyl halides is 6. The fraction of sp³-hybridized carbons (Fsp3) is 0.829. The molecule has 1 aromatic heterocycles. The van der Waals surface area contributed by atoms with Crippen molar-refractivity contribution >= 4 is 0 Å². The van der Waals surface area contributed by atoms with Crippen LogP contribution in [0.25, 0.3) is 0 Å². The number of hydrogen-bond donors (Lipinski definition) is 0. The van der Waals surface area contributed by atoms with E-state index in [-0.39, 0.29) is 53.7 Å². The van der Waals surface area contributed by atoms with Gasteiger partial charge in [0.25, 0.3) is 0 Å². The molecule has 1 aromatic rings. The summed E-state index contributed by atoms with van der Waals surface area (Å²) in [6, 6.07) is 0. The molecule has 12 nitrogen and oxygen atoms in total. The monoisotopic (exact) mass is 763 g/mol. The van der Waals surface area contributed by atoms with Crippen LogP contribution in [0, 0.1) is 35.5 Å². The van der Waals surface area contributed by atoms with Crippen molar-refractivity contribution < 1.29 is 69.6 Å². The Labute approximate surface area is 301 Å². The molecule has 6 saturated heterocycles. The summed E-state index contributed by atoms with van der Waals surface area (Å²) >= 11 is 0. The number of hydrogen-bond acceptors (Lipinski definition) is 11. The molecule has 4 bridgehead atoms. The molecule has 53 heavy (non-hydrogen) atoms. The molecule has 2 spiro atoms. The molecule has 10 aliphatic rings. The van der Waals surface area contributed by atoms with Gasteiger partial charge < -0.3 is 23.7 Å². The molecule has 2 aliphatic carbocycles. The summed E-state index contributed by atoms with van der Waals surface area (Å²) in [5.41, 5.74) is -2.55. The first-order valence-corrected chi connectivity index (χ1v) is 18.5. The molecule has 12 atom stereocenters. The van der Waals surface area contributed by atoms with Gasteiger partial charge in [-0.3, -0.25) is 0 Å². The molecule has 8 fully saturated rings. The fourth-order valence-corrected chi connectivity index (χ4v) is 10.7. The molecule has 11 rings (SSSR count). The third-order valence-electron chi connectivity index (χ3n) is 13.3. The van der Waals surface area contributed by atoms with Gasteiger partial charge in [0.05, 0.1) is 26.0 Å². The van der Waals surface area contributed by atoms with Gasteiger partial charge in [0, 0.05) is 47.7 Å². The van der Waals surface area contributed by atoms with Crippen LogP contribution in [0.5, 0.6) is 0 Å². The highest BCUT2D eigenvalue weighted by molar-refractivity contribution is 5.30. The number of nitrogens with zero attached hydrogens (tertiary/aromatic N) is 3.